The highest BCUT2D eigenvalue weighted by molar-refractivity contribution is 6.09. The molecule has 0 amide bonds. The van der Waals surface area contributed by atoms with Crippen LogP contribution in [0.3, 0.4) is 0 Å². The summed E-state index contributed by atoms with van der Waals surface area (Å²) in [7, 11) is 0. The van der Waals surface area contributed by atoms with E-state index in [1.807, 2.05) is 0 Å². The Labute approximate surface area is 138 Å². The Morgan fingerprint density at radius 1 is 1.17 bits per heavy atom. The predicted octanol–water partition coefficient (Wildman–Crippen LogP) is 2.39. The van der Waals surface area contributed by atoms with Crippen LogP contribution in [0.5, 0.6) is 0 Å². The van der Waals surface area contributed by atoms with Crippen LogP contribution in [-0.4, -0.2) is 45.9 Å². The van der Waals surface area contributed by atoms with Crippen LogP contribution in [0.1, 0.15) is 36.7 Å². The first-order valence-electron chi connectivity index (χ1n) is 7.32. The second-order valence-corrected chi connectivity index (χ2v) is 6.39. The zero-order valence-corrected chi connectivity index (χ0v) is 13.7. The lowest BCUT2D eigenvalue weighted by molar-refractivity contribution is -0.170. The summed E-state index contributed by atoms with van der Waals surface area (Å²) in [6, 6.07) is 5.94. The molecule has 8 heteroatoms. The molecule has 2 N–H and O–H groups in total. The van der Waals surface area contributed by atoms with E-state index in [1.54, 1.807) is 32.9 Å². The van der Waals surface area contributed by atoms with Crippen molar-refractivity contribution in [1.29, 1.82) is 0 Å². The molecule has 0 spiro atoms. The van der Waals surface area contributed by atoms with Gasteiger partial charge in [0.1, 0.15) is 0 Å². The van der Waals surface area contributed by atoms with Gasteiger partial charge in [-0.05, 0) is 38.5 Å². The number of aliphatic imine (C=N–C) groups is 1. The number of nitrogens with zero attached hydrogens (tertiary/aromatic N) is 3. The number of benzene rings is 1. The monoisotopic (exact) mass is 333 g/mol. The fourth-order valence-electron chi connectivity index (χ4n) is 2.39. The van der Waals surface area contributed by atoms with Crippen molar-refractivity contribution in [2.75, 3.05) is 6.67 Å². The molecular formula is C16H19N3O5. The van der Waals surface area contributed by atoms with Gasteiger partial charge in [-0.2, -0.15) is 5.11 Å². The van der Waals surface area contributed by atoms with E-state index < -0.39 is 23.1 Å². The molecule has 1 atom stereocenters. The molecule has 1 aromatic carbocycles. The maximum absolute atomic E-state index is 12.1. The van der Waals surface area contributed by atoms with Crippen LogP contribution >= 0.6 is 0 Å². The Morgan fingerprint density at radius 2 is 1.79 bits per heavy atom. The maximum atomic E-state index is 12.1. The molecule has 0 saturated carbocycles. The van der Waals surface area contributed by atoms with Crippen LogP contribution in [0, 0.1) is 0 Å². The molecule has 2 rings (SSSR count). The summed E-state index contributed by atoms with van der Waals surface area (Å²) in [5, 5.41) is 26.4. The molecule has 0 fully saturated rings. The van der Waals surface area contributed by atoms with Crippen molar-refractivity contribution < 1.29 is 24.5 Å². The molecule has 24 heavy (non-hydrogen) atoms. The fraction of sp³-hybridized carbons (Fsp3) is 0.438. The number of carbonyl (C=O) groups is 2. The smallest absolute Gasteiger partial charge is 0.344 e. The van der Waals surface area contributed by atoms with E-state index in [2.05, 4.69) is 15.2 Å². The lowest BCUT2D eigenvalue weighted by atomic mass is 9.91. The fourth-order valence-corrected chi connectivity index (χ4v) is 2.39. The minimum Gasteiger partial charge on any atom is -0.479 e. The number of aliphatic carboxylic acids is 1. The Hall–Kier alpha value is -2.61. The topological polar surface area (TPSA) is 121 Å². The Kier molecular flexibility index (Phi) is 4.79. The number of rotatable bonds is 6. The van der Waals surface area contributed by atoms with Crippen molar-refractivity contribution in [3.05, 3.63) is 35.4 Å². The van der Waals surface area contributed by atoms with Crippen LogP contribution < -0.4 is 0 Å². The highest BCUT2D eigenvalue weighted by atomic mass is 16.5. The molecular weight excluding hydrogens is 314 g/mol. The summed E-state index contributed by atoms with van der Waals surface area (Å²) >= 11 is 0. The van der Waals surface area contributed by atoms with Crippen molar-refractivity contribution in [2.45, 2.75) is 38.4 Å². The summed E-state index contributed by atoms with van der Waals surface area (Å²) in [5.41, 5.74) is -1.84. The van der Waals surface area contributed by atoms with Crippen LogP contribution in [0.15, 0.2) is 39.5 Å². The zero-order chi connectivity index (χ0) is 18.0. The second-order valence-electron chi connectivity index (χ2n) is 6.39. The van der Waals surface area contributed by atoms with E-state index in [9.17, 15) is 14.7 Å². The predicted molar refractivity (Wildman–Crippen MR) is 85.5 cm³/mol. The zero-order valence-electron chi connectivity index (χ0n) is 13.7. The van der Waals surface area contributed by atoms with Gasteiger partial charge in [-0.25, -0.2) is 14.6 Å². The molecule has 1 aliphatic heterocycles. The molecule has 1 aromatic rings. The molecule has 1 aliphatic rings. The Bertz CT molecular complexity index is 703. The lowest BCUT2D eigenvalue weighted by Crippen LogP contribution is -2.53. The maximum Gasteiger partial charge on any atom is 0.344 e. The van der Waals surface area contributed by atoms with Crippen LogP contribution in [-0.2, 0) is 16.0 Å². The molecule has 0 aliphatic carbocycles. The summed E-state index contributed by atoms with van der Waals surface area (Å²) in [5.74, 6) is -2.27. The van der Waals surface area contributed by atoms with Crippen molar-refractivity contribution >= 4 is 17.8 Å². The third kappa shape index (κ3) is 3.83. The molecule has 8 nitrogen and oxygen atoms in total. The van der Waals surface area contributed by atoms with Gasteiger partial charge in [-0.3, -0.25) is 0 Å². The average molecular weight is 333 g/mol. The quantitative estimate of drug-likeness (QED) is 0.828. The van der Waals surface area contributed by atoms with Gasteiger partial charge >= 0.3 is 11.9 Å². The standard InChI is InChI=1S/C16H19N3O5/c1-15(2,3)24-16(14(22)23,13-17-9-18-19-13)8-10-4-6-11(7-5-10)12(20)21/h4-7H,8-9H2,1-3H3,(H,20,21)(H,22,23). The van der Waals surface area contributed by atoms with Gasteiger partial charge in [0.2, 0.25) is 5.60 Å². The summed E-state index contributed by atoms with van der Waals surface area (Å²) in [6.45, 7) is 5.29. The average Bonchev–Trinajstić information content (AvgIpc) is 3.00. The van der Waals surface area contributed by atoms with Gasteiger partial charge in [-0.1, -0.05) is 12.1 Å². The molecule has 1 unspecified atom stereocenters. The van der Waals surface area contributed by atoms with E-state index in [-0.39, 0.29) is 24.5 Å². The van der Waals surface area contributed by atoms with E-state index in [4.69, 9.17) is 9.84 Å². The van der Waals surface area contributed by atoms with E-state index in [0.717, 1.165) is 0 Å². The van der Waals surface area contributed by atoms with Crippen molar-refractivity contribution in [3.8, 4) is 0 Å². The number of hydrogen-bond donors (Lipinski definition) is 2. The molecule has 1 heterocycles. The number of azo groups is 1. The normalized spacial score (nSPS) is 16.5. The van der Waals surface area contributed by atoms with Crippen LogP contribution in [0.4, 0.5) is 0 Å². The number of aromatic carboxylic acids is 1. The highest BCUT2D eigenvalue weighted by Crippen LogP contribution is 2.29. The molecule has 0 saturated heterocycles. The highest BCUT2D eigenvalue weighted by Gasteiger charge is 2.49. The number of carboxylic acids is 2. The first-order valence-corrected chi connectivity index (χ1v) is 7.32. The van der Waals surface area contributed by atoms with Gasteiger partial charge in [0.05, 0.1) is 11.2 Å². The van der Waals surface area contributed by atoms with Gasteiger partial charge in [-0.15, -0.1) is 5.11 Å². The summed E-state index contributed by atoms with van der Waals surface area (Å²) < 4.78 is 5.85. The number of amidine groups is 1. The van der Waals surface area contributed by atoms with Gasteiger partial charge < -0.3 is 14.9 Å². The number of hydrogen-bond acceptors (Lipinski definition) is 6. The summed E-state index contributed by atoms with van der Waals surface area (Å²) in [6.07, 6.45) is -0.0443. The minimum atomic E-state index is -1.79. The van der Waals surface area contributed by atoms with Crippen LogP contribution in [0.25, 0.3) is 0 Å². The SMILES string of the molecule is CC(C)(C)OC(Cc1ccc(C(=O)O)cc1)(C(=O)O)C1=NCN=N1. The Morgan fingerprint density at radius 3 is 2.21 bits per heavy atom. The van der Waals surface area contributed by atoms with E-state index in [1.165, 1.54) is 12.1 Å². The summed E-state index contributed by atoms with van der Waals surface area (Å²) in [4.78, 5) is 27.0. The Balaban J connectivity index is 2.43. The van der Waals surface area contributed by atoms with E-state index >= 15 is 0 Å². The lowest BCUT2D eigenvalue weighted by Gasteiger charge is -2.34. The van der Waals surface area contributed by atoms with Crippen molar-refractivity contribution in [3.63, 3.8) is 0 Å². The molecule has 0 aromatic heterocycles. The molecule has 0 radical (unpaired) electrons. The van der Waals surface area contributed by atoms with E-state index in [0.29, 0.717) is 5.56 Å². The first-order chi connectivity index (χ1) is 11.1. The molecule has 128 valence electrons. The number of ether oxygens (including phenoxy) is 1. The third-order valence-corrected chi connectivity index (χ3v) is 3.29. The van der Waals surface area contributed by atoms with Crippen molar-refractivity contribution in [2.24, 2.45) is 15.2 Å². The largest absolute Gasteiger partial charge is 0.479 e. The molecule has 0 bridgehead atoms. The van der Waals surface area contributed by atoms with Crippen LogP contribution in [0.2, 0.25) is 0 Å². The third-order valence-electron chi connectivity index (χ3n) is 3.29. The van der Waals surface area contributed by atoms with Gasteiger partial charge in [0.15, 0.2) is 12.5 Å². The minimum absolute atomic E-state index is 0.00670. The van der Waals surface area contributed by atoms with Gasteiger partial charge in [0.25, 0.3) is 0 Å². The number of carboxylic acid groups (broad SMARTS) is 2. The van der Waals surface area contributed by atoms with Gasteiger partial charge in [0, 0.05) is 6.42 Å². The first kappa shape index (κ1) is 17.7. The van der Waals surface area contributed by atoms with Crippen molar-refractivity contribution in [1.82, 2.24) is 0 Å². The second kappa shape index (κ2) is 6.48.